The smallest absolute Gasteiger partial charge is 0.319 e. The number of nitrogens with zero attached hydrogens (tertiary/aromatic N) is 1. The standard InChI is InChI=1S/C20H24N4O3/c25-19(16-5-2-1-3-6-16)22-17-7-4-8-18(15-17)23-20(26)21-9-10-24-11-13-27-14-12-24/h1-8,15H,9-14H2,(H,22,25)(H2,21,23,26). The van der Waals surface area contributed by atoms with Crippen molar-refractivity contribution in [1.29, 1.82) is 0 Å². The summed E-state index contributed by atoms with van der Waals surface area (Å²) in [4.78, 5) is 26.5. The van der Waals surface area contributed by atoms with Gasteiger partial charge in [0.25, 0.3) is 5.91 Å². The fourth-order valence-corrected chi connectivity index (χ4v) is 2.80. The van der Waals surface area contributed by atoms with Gasteiger partial charge in [-0.05, 0) is 30.3 Å². The number of benzene rings is 2. The molecule has 1 saturated heterocycles. The number of ether oxygens (including phenoxy) is 1. The van der Waals surface area contributed by atoms with Crippen LogP contribution >= 0.6 is 0 Å². The van der Waals surface area contributed by atoms with E-state index in [0.29, 0.717) is 23.5 Å². The van der Waals surface area contributed by atoms with Crippen LogP contribution in [0.5, 0.6) is 0 Å². The molecule has 0 aliphatic carbocycles. The number of anilines is 2. The van der Waals surface area contributed by atoms with Gasteiger partial charge in [-0.25, -0.2) is 4.79 Å². The van der Waals surface area contributed by atoms with Crippen LogP contribution in [0.1, 0.15) is 10.4 Å². The summed E-state index contributed by atoms with van der Waals surface area (Å²) < 4.78 is 5.30. The van der Waals surface area contributed by atoms with Crippen LogP contribution in [0.15, 0.2) is 54.6 Å². The Kier molecular flexibility index (Phi) is 6.78. The molecule has 0 aromatic heterocycles. The van der Waals surface area contributed by atoms with Crippen LogP contribution in [0.4, 0.5) is 16.2 Å². The van der Waals surface area contributed by atoms with Gasteiger partial charge in [-0.2, -0.15) is 0 Å². The number of amides is 3. The topological polar surface area (TPSA) is 82.7 Å². The average molecular weight is 368 g/mol. The van der Waals surface area contributed by atoms with Gasteiger partial charge in [0.05, 0.1) is 13.2 Å². The molecule has 142 valence electrons. The molecule has 1 heterocycles. The van der Waals surface area contributed by atoms with Crippen LogP contribution in [-0.4, -0.2) is 56.2 Å². The summed E-state index contributed by atoms with van der Waals surface area (Å²) in [5.41, 5.74) is 1.82. The Morgan fingerprint density at radius 2 is 1.63 bits per heavy atom. The maximum Gasteiger partial charge on any atom is 0.319 e. The van der Waals surface area contributed by atoms with Crippen molar-refractivity contribution in [2.24, 2.45) is 0 Å². The summed E-state index contributed by atoms with van der Waals surface area (Å²) in [7, 11) is 0. The second-order valence-electron chi connectivity index (χ2n) is 6.24. The Labute approximate surface area is 158 Å². The number of carbonyl (C=O) groups excluding carboxylic acids is 2. The van der Waals surface area contributed by atoms with E-state index in [1.165, 1.54) is 0 Å². The highest BCUT2D eigenvalue weighted by atomic mass is 16.5. The average Bonchev–Trinajstić information content (AvgIpc) is 2.70. The SMILES string of the molecule is O=C(NCCN1CCOCC1)Nc1cccc(NC(=O)c2ccccc2)c1. The number of nitrogens with one attached hydrogen (secondary N) is 3. The van der Waals surface area contributed by atoms with E-state index >= 15 is 0 Å². The van der Waals surface area contributed by atoms with E-state index in [9.17, 15) is 9.59 Å². The molecule has 1 aliphatic rings. The molecule has 7 heteroatoms. The minimum absolute atomic E-state index is 0.192. The summed E-state index contributed by atoms with van der Waals surface area (Å²) in [6.07, 6.45) is 0. The molecule has 1 fully saturated rings. The molecular weight excluding hydrogens is 344 g/mol. The Hall–Kier alpha value is -2.90. The lowest BCUT2D eigenvalue weighted by molar-refractivity contribution is 0.0388. The first-order valence-electron chi connectivity index (χ1n) is 9.02. The van der Waals surface area contributed by atoms with Gasteiger partial charge in [-0.1, -0.05) is 24.3 Å². The van der Waals surface area contributed by atoms with Crippen molar-refractivity contribution in [3.8, 4) is 0 Å². The summed E-state index contributed by atoms with van der Waals surface area (Å²) in [5.74, 6) is -0.192. The zero-order valence-electron chi connectivity index (χ0n) is 15.1. The third kappa shape index (κ3) is 6.09. The minimum Gasteiger partial charge on any atom is -0.379 e. The van der Waals surface area contributed by atoms with Gasteiger partial charge in [-0.3, -0.25) is 9.69 Å². The van der Waals surface area contributed by atoms with Crippen LogP contribution in [-0.2, 0) is 4.74 Å². The predicted molar refractivity (Wildman–Crippen MR) is 105 cm³/mol. The Balaban J connectivity index is 1.46. The highest BCUT2D eigenvalue weighted by Crippen LogP contribution is 2.16. The van der Waals surface area contributed by atoms with Crippen molar-refractivity contribution < 1.29 is 14.3 Å². The maximum atomic E-state index is 12.2. The van der Waals surface area contributed by atoms with Crippen molar-refractivity contribution in [2.75, 3.05) is 50.0 Å². The number of hydrogen-bond acceptors (Lipinski definition) is 4. The van der Waals surface area contributed by atoms with Gasteiger partial charge in [0, 0.05) is 43.1 Å². The van der Waals surface area contributed by atoms with Crippen molar-refractivity contribution in [1.82, 2.24) is 10.2 Å². The van der Waals surface area contributed by atoms with Gasteiger partial charge < -0.3 is 20.7 Å². The van der Waals surface area contributed by atoms with Gasteiger partial charge >= 0.3 is 6.03 Å². The van der Waals surface area contributed by atoms with E-state index in [-0.39, 0.29) is 11.9 Å². The molecule has 3 rings (SSSR count). The molecule has 0 bridgehead atoms. The highest BCUT2D eigenvalue weighted by molar-refractivity contribution is 6.04. The normalized spacial score (nSPS) is 14.4. The van der Waals surface area contributed by atoms with E-state index in [2.05, 4.69) is 20.9 Å². The fourth-order valence-electron chi connectivity index (χ4n) is 2.80. The number of hydrogen-bond donors (Lipinski definition) is 3. The fraction of sp³-hybridized carbons (Fsp3) is 0.300. The molecule has 0 radical (unpaired) electrons. The van der Waals surface area contributed by atoms with E-state index in [4.69, 9.17) is 4.74 Å². The van der Waals surface area contributed by atoms with Crippen molar-refractivity contribution >= 4 is 23.3 Å². The minimum atomic E-state index is -0.269. The lowest BCUT2D eigenvalue weighted by Gasteiger charge is -2.26. The van der Waals surface area contributed by atoms with Crippen LogP contribution in [0.2, 0.25) is 0 Å². The number of urea groups is 1. The zero-order valence-corrected chi connectivity index (χ0v) is 15.1. The predicted octanol–water partition coefficient (Wildman–Crippen LogP) is 2.39. The first-order valence-corrected chi connectivity index (χ1v) is 9.02. The summed E-state index contributed by atoms with van der Waals surface area (Å²) in [6, 6.07) is 15.8. The number of morpholine rings is 1. The van der Waals surface area contributed by atoms with Gasteiger partial charge in [0.15, 0.2) is 0 Å². The number of rotatable bonds is 6. The molecule has 2 aromatic carbocycles. The summed E-state index contributed by atoms with van der Waals surface area (Å²) in [5, 5.41) is 8.46. The number of carbonyl (C=O) groups is 2. The van der Waals surface area contributed by atoms with Gasteiger partial charge in [-0.15, -0.1) is 0 Å². The van der Waals surface area contributed by atoms with Crippen molar-refractivity contribution in [3.63, 3.8) is 0 Å². The van der Waals surface area contributed by atoms with Crippen LogP contribution in [0, 0.1) is 0 Å². The van der Waals surface area contributed by atoms with E-state index < -0.39 is 0 Å². The third-order valence-corrected chi connectivity index (χ3v) is 4.23. The van der Waals surface area contributed by atoms with Gasteiger partial charge in [0.2, 0.25) is 0 Å². The summed E-state index contributed by atoms with van der Waals surface area (Å²) in [6.45, 7) is 4.64. The lowest BCUT2D eigenvalue weighted by atomic mass is 10.2. The molecule has 0 saturated carbocycles. The molecular formula is C20H24N4O3. The molecule has 0 atom stereocenters. The molecule has 1 aliphatic heterocycles. The quantitative estimate of drug-likeness (QED) is 0.731. The molecule has 2 aromatic rings. The Bertz CT molecular complexity index is 761. The first-order chi connectivity index (χ1) is 13.2. The second kappa shape index (κ2) is 9.70. The third-order valence-electron chi connectivity index (χ3n) is 4.23. The largest absolute Gasteiger partial charge is 0.379 e. The molecule has 27 heavy (non-hydrogen) atoms. The lowest BCUT2D eigenvalue weighted by Crippen LogP contribution is -2.42. The second-order valence-corrected chi connectivity index (χ2v) is 6.24. The molecule has 3 amide bonds. The Morgan fingerprint density at radius 1 is 0.926 bits per heavy atom. The van der Waals surface area contributed by atoms with E-state index in [1.54, 1.807) is 36.4 Å². The molecule has 7 nitrogen and oxygen atoms in total. The summed E-state index contributed by atoms with van der Waals surface area (Å²) >= 11 is 0. The molecule has 3 N–H and O–H groups in total. The van der Waals surface area contributed by atoms with Crippen LogP contribution in [0.25, 0.3) is 0 Å². The monoisotopic (exact) mass is 368 g/mol. The zero-order chi connectivity index (χ0) is 18.9. The van der Waals surface area contributed by atoms with E-state index in [1.807, 2.05) is 18.2 Å². The molecule has 0 spiro atoms. The van der Waals surface area contributed by atoms with Crippen LogP contribution in [0.3, 0.4) is 0 Å². The first kappa shape index (κ1) is 18.9. The Morgan fingerprint density at radius 3 is 2.37 bits per heavy atom. The van der Waals surface area contributed by atoms with Crippen LogP contribution < -0.4 is 16.0 Å². The van der Waals surface area contributed by atoms with Crippen molar-refractivity contribution in [3.05, 3.63) is 60.2 Å². The van der Waals surface area contributed by atoms with Gasteiger partial charge in [0.1, 0.15) is 0 Å². The van der Waals surface area contributed by atoms with E-state index in [0.717, 1.165) is 32.8 Å². The maximum absolute atomic E-state index is 12.2. The van der Waals surface area contributed by atoms with Crippen molar-refractivity contribution in [2.45, 2.75) is 0 Å². The highest BCUT2D eigenvalue weighted by Gasteiger charge is 2.10. The molecule has 0 unspecified atom stereocenters.